The van der Waals surface area contributed by atoms with Gasteiger partial charge >= 0.3 is 6.16 Å². The third-order valence-electron chi connectivity index (χ3n) is 9.09. The van der Waals surface area contributed by atoms with Gasteiger partial charge < -0.3 is 9.47 Å². The van der Waals surface area contributed by atoms with Crippen LogP contribution < -0.4 is 0 Å². The number of nitrogens with zero attached hydrogens (tertiary/aromatic N) is 1. The molecule has 0 aromatic carbocycles. The first-order valence-electron chi connectivity index (χ1n) is 10.8. The average molecular weight is 367 g/mol. The lowest BCUT2D eigenvalue weighted by Crippen LogP contribution is -2.47. The standard InChI is InChI=1S/C23H29NO3/c1-23(2,3)27-22(25)26-21-15-7-12(16(21)9-24)19-13-8-14(20(15)19)18-11-5-4-10(6-11)17(13)18/h4-5,10-21H,6-8H2,1-3H3. The maximum Gasteiger partial charge on any atom is 0.509 e. The van der Waals surface area contributed by atoms with Crippen LogP contribution in [0, 0.1) is 76.4 Å². The number of rotatable bonds is 1. The first-order valence-corrected chi connectivity index (χ1v) is 10.8. The minimum absolute atomic E-state index is 0.143. The van der Waals surface area contributed by atoms with Crippen molar-refractivity contribution in [2.75, 3.05) is 0 Å². The second kappa shape index (κ2) is 5.10. The van der Waals surface area contributed by atoms with Crippen LogP contribution >= 0.6 is 0 Å². The topological polar surface area (TPSA) is 59.3 Å². The van der Waals surface area contributed by atoms with E-state index in [0.717, 1.165) is 41.9 Å². The van der Waals surface area contributed by atoms with Crippen molar-refractivity contribution in [2.45, 2.75) is 51.7 Å². The SMILES string of the molecule is CC(C)(C)OC(=O)OC1C(C#N)C2CC1C1C3CC(C4C5C=CC(C5)C34)C21. The smallest absolute Gasteiger partial charge is 0.429 e. The van der Waals surface area contributed by atoms with Crippen LogP contribution in [0.5, 0.6) is 0 Å². The summed E-state index contributed by atoms with van der Waals surface area (Å²) in [4.78, 5) is 12.3. The molecule has 0 aromatic heterocycles. The Morgan fingerprint density at radius 1 is 0.926 bits per heavy atom. The highest BCUT2D eigenvalue weighted by Crippen LogP contribution is 2.76. The number of carbonyl (C=O) groups is 1. The van der Waals surface area contributed by atoms with E-state index in [9.17, 15) is 10.1 Å². The number of hydrogen-bond donors (Lipinski definition) is 0. The maximum absolute atomic E-state index is 12.3. The summed E-state index contributed by atoms with van der Waals surface area (Å²) < 4.78 is 11.2. The van der Waals surface area contributed by atoms with Crippen LogP contribution in [0.15, 0.2) is 12.2 Å². The second-order valence-electron chi connectivity index (χ2n) is 11.1. The van der Waals surface area contributed by atoms with Crippen LogP contribution in [-0.2, 0) is 9.47 Å². The van der Waals surface area contributed by atoms with Crippen molar-refractivity contribution in [3.05, 3.63) is 12.2 Å². The zero-order valence-electron chi connectivity index (χ0n) is 16.4. The minimum atomic E-state index is -0.597. The van der Waals surface area contributed by atoms with Crippen LogP contribution in [-0.4, -0.2) is 17.9 Å². The van der Waals surface area contributed by atoms with E-state index in [1.165, 1.54) is 12.8 Å². The molecule has 0 amide bonds. The third kappa shape index (κ3) is 2.01. The molecule has 0 aliphatic heterocycles. The van der Waals surface area contributed by atoms with E-state index >= 15 is 0 Å². The molecule has 6 bridgehead atoms. The van der Waals surface area contributed by atoms with Crippen LogP contribution in [0.2, 0.25) is 0 Å². The van der Waals surface area contributed by atoms with Gasteiger partial charge in [-0.3, -0.25) is 0 Å². The van der Waals surface area contributed by atoms with Gasteiger partial charge in [0.2, 0.25) is 0 Å². The second-order valence-corrected chi connectivity index (χ2v) is 11.1. The Labute approximate surface area is 161 Å². The van der Waals surface area contributed by atoms with Crippen molar-refractivity contribution in [1.29, 1.82) is 5.26 Å². The van der Waals surface area contributed by atoms with Crippen LogP contribution in [0.3, 0.4) is 0 Å². The fourth-order valence-corrected chi connectivity index (χ4v) is 8.93. The van der Waals surface area contributed by atoms with E-state index in [1.54, 1.807) is 0 Å². The quantitative estimate of drug-likeness (QED) is 0.391. The fourth-order valence-electron chi connectivity index (χ4n) is 8.93. The summed E-state index contributed by atoms with van der Waals surface area (Å²) >= 11 is 0. The van der Waals surface area contributed by atoms with Gasteiger partial charge in [0.1, 0.15) is 11.7 Å². The molecule has 12 unspecified atom stereocenters. The zero-order chi connectivity index (χ0) is 18.7. The highest BCUT2D eigenvalue weighted by Gasteiger charge is 2.73. The Morgan fingerprint density at radius 2 is 1.52 bits per heavy atom. The van der Waals surface area contributed by atoms with Gasteiger partial charge in [-0.2, -0.15) is 5.26 Å². The molecule has 6 rings (SSSR count). The first-order chi connectivity index (χ1) is 12.9. The van der Waals surface area contributed by atoms with Crippen molar-refractivity contribution in [3.63, 3.8) is 0 Å². The Hall–Kier alpha value is -1.50. The molecule has 6 aliphatic carbocycles. The molecule has 4 heteroatoms. The summed E-state index contributed by atoms with van der Waals surface area (Å²) in [5.74, 6) is 7.01. The summed E-state index contributed by atoms with van der Waals surface area (Å²) in [6.07, 6.45) is 7.94. The summed E-state index contributed by atoms with van der Waals surface area (Å²) in [5.41, 5.74) is -0.561. The molecule has 6 aliphatic rings. The van der Waals surface area contributed by atoms with Crippen molar-refractivity contribution < 1.29 is 14.3 Å². The highest BCUT2D eigenvalue weighted by molar-refractivity contribution is 5.61. The molecule has 0 N–H and O–H groups in total. The summed E-state index contributed by atoms with van der Waals surface area (Å²) in [6.45, 7) is 5.56. The van der Waals surface area contributed by atoms with Crippen LogP contribution in [0.1, 0.15) is 40.0 Å². The normalized spacial score (nSPS) is 55.5. The molecular formula is C23H29NO3. The van der Waals surface area contributed by atoms with Gasteiger partial charge in [0.05, 0.1) is 12.0 Å². The monoisotopic (exact) mass is 367 g/mol. The van der Waals surface area contributed by atoms with Gasteiger partial charge in [0.25, 0.3) is 0 Å². The summed E-state index contributed by atoms with van der Waals surface area (Å²) in [7, 11) is 0. The Morgan fingerprint density at radius 3 is 2.11 bits per heavy atom. The van der Waals surface area contributed by atoms with Gasteiger partial charge in [0, 0.05) is 5.92 Å². The molecule has 5 saturated carbocycles. The lowest BCUT2D eigenvalue weighted by molar-refractivity contribution is -0.0755. The zero-order valence-corrected chi connectivity index (χ0v) is 16.4. The molecule has 4 nitrogen and oxygen atoms in total. The average Bonchev–Trinajstić information content (AvgIpc) is 3.36. The molecule has 0 saturated heterocycles. The predicted molar refractivity (Wildman–Crippen MR) is 98.1 cm³/mol. The molecule has 5 fully saturated rings. The lowest BCUT2D eigenvalue weighted by atomic mass is 9.59. The molecule has 0 spiro atoms. The number of nitriles is 1. The molecular weight excluding hydrogens is 338 g/mol. The molecule has 27 heavy (non-hydrogen) atoms. The number of carbonyl (C=O) groups excluding carboxylic acids is 1. The Balaban J connectivity index is 1.27. The number of allylic oxidation sites excluding steroid dienone is 2. The number of hydrogen-bond acceptors (Lipinski definition) is 4. The van der Waals surface area contributed by atoms with Crippen LogP contribution in [0.4, 0.5) is 4.79 Å². The van der Waals surface area contributed by atoms with E-state index < -0.39 is 11.8 Å². The predicted octanol–water partition coefficient (Wildman–Crippen LogP) is 4.42. The van der Waals surface area contributed by atoms with Crippen molar-refractivity contribution in [1.82, 2.24) is 0 Å². The maximum atomic E-state index is 12.3. The summed E-state index contributed by atoms with van der Waals surface area (Å²) in [6, 6.07) is 2.53. The van der Waals surface area contributed by atoms with E-state index in [2.05, 4.69) is 18.2 Å². The van der Waals surface area contributed by atoms with Gasteiger partial charge in [-0.05, 0) is 93.3 Å². The number of fused-ring (bicyclic) bond motifs is 16. The Bertz CT molecular complexity index is 761. The molecule has 0 aromatic rings. The van der Waals surface area contributed by atoms with Crippen LogP contribution in [0.25, 0.3) is 0 Å². The lowest BCUT2D eigenvalue weighted by Gasteiger charge is -2.46. The largest absolute Gasteiger partial charge is 0.509 e. The van der Waals surface area contributed by atoms with Crippen molar-refractivity contribution in [2.24, 2.45) is 65.1 Å². The highest BCUT2D eigenvalue weighted by atomic mass is 16.7. The van der Waals surface area contributed by atoms with E-state index in [1.807, 2.05) is 20.8 Å². The first kappa shape index (κ1) is 16.5. The fraction of sp³-hybridized carbons (Fsp3) is 0.826. The third-order valence-corrected chi connectivity index (χ3v) is 9.09. The van der Waals surface area contributed by atoms with Gasteiger partial charge in [-0.15, -0.1) is 0 Å². The van der Waals surface area contributed by atoms with Crippen molar-refractivity contribution in [3.8, 4) is 6.07 Å². The number of ether oxygens (including phenoxy) is 2. The minimum Gasteiger partial charge on any atom is -0.429 e. The van der Waals surface area contributed by atoms with E-state index in [4.69, 9.17) is 9.47 Å². The molecule has 0 radical (unpaired) electrons. The van der Waals surface area contributed by atoms with Gasteiger partial charge in [-0.25, -0.2) is 4.79 Å². The van der Waals surface area contributed by atoms with Gasteiger partial charge in [-0.1, -0.05) is 12.2 Å². The Kier molecular flexibility index (Phi) is 3.11. The van der Waals surface area contributed by atoms with E-state index in [-0.39, 0.29) is 12.0 Å². The summed E-state index contributed by atoms with van der Waals surface area (Å²) in [5, 5.41) is 9.89. The van der Waals surface area contributed by atoms with E-state index in [0.29, 0.717) is 23.7 Å². The molecule has 144 valence electrons. The van der Waals surface area contributed by atoms with Gasteiger partial charge in [0.15, 0.2) is 0 Å². The van der Waals surface area contributed by atoms with Crippen molar-refractivity contribution >= 4 is 6.16 Å². The molecule has 12 atom stereocenters. The molecule has 0 heterocycles.